The summed E-state index contributed by atoms with van der Waals surface area (Å²) in [6, 6.07) is -0.0852. The maximum absolute atomic E-state index is 11.6. The van der Waals surface area contributed by atoms with Gasteiger partial charge in [-0.1, -0.05) is 0 Å². The Balaban J connectivity index is 0. The topological polar surface area (TPSA) is 100 Å². The highest BCUT2D eigenvalue weighted by Gasteiger charge is 2.10. The van der Waals surface area contributed by atoms with E-state index in [1.165, 1.54) is 11.2 Å². The van der Waals surface area contributed by atoms with Gasteiger partial charge in [0.1, 0.15) is 16.4 Å². The summed E-state index contributed by atoms with van der Waals surface area (Å²) >= 11 is 0. The number of nitrogens with one attached hydrogen (secondary N) is 2. The van der Waals surface area contributed by atoms with E-state index in [0.717, 1.165) is 0 Å². The molecular weight excluding hydrogens is 435 g/mol. The van der Waals surface area contributed by atoms with E-state index in [-0.39, 0.29) is 48.2 Å². The van der Waals surface area contributed by atoms with E-state index < -0.39 is 9.84 Å². The second kappa shape index (κ2) is 12.8. The summed E-state index contributed by atoms with van der Waals surface area (Å²) in [7, 11) is 1.93. The molecule has 0 spiro atoms. The van der Waals surface area contributed by atoms with Gasteiger partial charge < -0.3 is 20.3 Å². The number of guanidine groups is 1. The van der Waals surface area contributed by atoms with Gasteiger partial charge in [0, 0.05) is 40.0 Å². The van der Waals surface area contributed by atoms with E-state index in [9.17, 15) is 13.2 Å². The smallest absolute Gasteiger partial charge is 0.243 e. The SMILES string of the molecule is COCCNC(=NCC(=O)N(C)C)NC(C)CCS(C)(=O)=O.I. The number of carbonyl (C=O) groups excluding carboxylic acids is 1. The number of amides is 1. The van der Waals surface area contributed by atoms with Crippen molar-refractivity contribution in [3.05, 3.63) is 0 Å². The lowest BCUT2D eigenvalue weighted by Gasteiger charge is -2.18. The van der Waals surface area contributed by atoms with Crippen LogP contribution in [0.2, 0.25) is 0 Å². The van der Waals surface area contributed by atoms with Crippen LogP contribution in [0.3, 0.4) is 0 Å². The van der Waals surface area contributed by atoms with E-state index in [0.29, 0.717) is 25.5 Å². The largest absolute Gasteiger partial charge is 0.383 e. The Morgan fingerprint density at radius 1 is 1.35 bits per heavy atom. The molecule has 138 valence electrons. The number of sulfone groups is 1. The van der Waals surface area contributed by atoms with Crippen LogP contribution in [-0.2, 0) is 19.4 Å². The van der Waals surface area contributed by atoms with Crippen LogP contribution in [0.5, 0.6) is 0 Å². The number of hydrogen-bond donors (Lipinski definition) is 2. The van der Waals surface area contributed by atoms with Gasteiger partial charge >= 0.3 is 0 Å². The molecule has 0 radical (unpaired) electrons. The van der Waals surface area contributed by atoms with Gasteiger partial charge in [0.15, 0.2) is 5.96 Å². The second-order valence-corrected chi connectivity index (χ2v) is 7.60. The Morgan fingerprint density at radius 2 is 1.96 bits per heavy atom. The summed E-state index contributed by atoms with van der Waals surface area (Å²) in [5, 5.41) is 6.13. The number of methoxy groups -OCH3 is 1. The second-order valence-electron chi connectivity index (χ2n) is 5.34. The third kappa shape index (κ3) is 14.7. The quantitative estimate of drug-likeness (QED) is 0.210. The van der Waals surface area contributed by atoms with Gasteiger partial charge in [0.2, 0.25) is 5.91 Å². The van der Waals surface area contributed by atoms with E-state index in [1.54, 1.807) is 21.2 Å². The molecular formula is C13H29IN4O4S. The molecule has 0 aliphatic rings. The molecule has 0 bridgehead atoms. The molecule has 0 aliphatic heterocycles. The Kier molecular flexibility index (Phi) is 13.7. The molecule has 0 fully saturated rings. The summed E-state index contributed by atoms with van der Waals surface area (Å²) < 4.78 is 27.3. The van der Waals surface area contributed by atoms with Crippen molar-refractivity contribution in [3.8, 4) is 0 Å². The molecule has 1 amide bonds. The molecule has 8 nitrogen and oxygen atoms in total. The number of ether oxygens (including phenoxy) is 1. The highest BCUT2D eigenvalue weighted by atomic mass is 127. The van der Waals surface area contributed by atoms with Crippen molar-refractivity contribution in [1.82, 2.24) is 15.5 Å². The zero-order valence-corrected chi connectivity index (χ0v) is 17.6. The molecule has 1 unspecified atom stereocenters. The number of carbonyl (C=O) groups is 1. The van der Waals surface area contributed by atoms with Gasteiger partial charge in [0.25, 0.3) is 0 Å². The van der Waals surface area contributed by atoms with Gasteiger partial charge in [-0.25, -0.2) is 13.4 Å². The van der Waals surface area contributed by atoms with Crippen molar-refractivity contribution in [2.24, 2.45) is 4.99 Å². The Bertz CT molecular complexity index is 469. The lowest BCUT2D eigenvalue weighted by atomic mass is 10.3. The van der Waals surface area contributed by atoms with Crippen LogP contribution in [-0.4, -0.2) is 84.1 Å². The molecule has 1 atom stereocenters. The number of rotatable bonds is 9. The lowest BCUT2D eigenvalue weighted by molar-refractivity contribution is -0.127. The monoisotopic (exact) mass is 464 g/mol. The first-order valence-corrected chi connectivity index (χ1v) is 9.13. The van der Waals surface area contributed by atoms with Crippen LogP contribution in [0.1, 0.15) is 13.3 Å². The summed E-state index contributed by atoms with van der Waals surface area (Å²) in [5.41, 5.74) is 0. The summed E-state index contributed by atoms with van der Waals surface area (Å²) in [5.74, 6) is 0.452. The van der Waals surface area contributed by atoms with Gasteiger partial charge in [0.05, 0.1) is 12.4 Å². The maximum Gasteiger partial charge on any atom is 0.243 e. The zero-order chi connectivity index (χ0) is 17.2. The van der Waals surface area contributed by atoms with Gasteiger partial charge in [-0.2, -0.15) is 0 Å². The number of halogens is 1. The third-order valence-corrected chi connectivity index (χ3v) is 3.75. The van der Waals surface area contributed by atoms with Crippen LogP contribution in [0.4, 0.5) is 0 Å². The Morgan fingerprint density at radius 3 is 2.43 bits per heavy atom. The zero-order valence-electron chi connectivity index (χ0n) is 14.5. The van der Waals surface area contributed by atoms with Crippen LogP contribution in [0.25, 0.3) is 0 Å². The number of aliphatic imine (C=N–C) groups is 1. The first-order valence-electron chi connectivity index (χ1n) is 7.07. The minimum Gasteiger partial charge on any atom is -0.383 e. The molecule has 0 heterocycles. The first kappa shape index (κ1) is 24.6. The lowest BCUT2D eigenvalue weighted by Crippen LogP contribution is -2.44. The van der Waals surface area contributed by atoms with E-state index >= 15 is 0 Å². The van der Waals surface area contributed by atoms with Crippen LogP contribution in [0.15, 0.2) is 4.99 Å². The predicted molar refractivity (Wildman–Crippen MR) is 103 cm³/mol. The average Bonchev–Trinajstić information content (AvgIpc) is 2.41. The molecule has 23 heavy (non-hydrogen) atoms. The molecule has 0 aliphatic carbocycles. The van der Waals surface area contributed by atoms with Crippen molar-refractivity contribution in [2.75, 3.05) is 52.9 Å². The fraction of sp³-hybridized carbons (Fsp3) is 0.846. The molecule has 0 saturated carbocycles. The van der Waals surface area contributed by atoms with Gasteiger partial charge in [-0.15, -0.1) is 24.0 Å². The minimum absolute atomic E-state index is 0. The van der Waals surface area contributed by atoms with Gasteiger partial charge in [-0.3, -0.25) is 4.79 Å². The van der Waals surface area contributed by atoms with Crippen molar-refractivity contribution in [1.29, 1.82) is 0 Å². The van der Waals surface area contributed by atoms with Gasteiger partial charge in [-0.05, 0) is 13.3 Å². The van der Waals surface area contributed by atoms with E-state index in [2.05, 4.69) is 15.6 Å². The fourth-order valence-corrected chi connectivity index (χ4v) is 2.19. The van der Waals surface area contributed by atoms with Crippen molar-refractivity contribution < 1.29 is 17.9 Å². The maximum atomic E-state index is 11.6. The summed E-state index contributed by atoms with van der Waals surface area (Å²) in [4.78, 5) is 17.2. The highest BCUT2D eigenvalue weighted by molar-refractivity contribution is 14.0. The molecule has 0 aromatic heterocycles. The molecule has 10 heteroatoms. The molecule has 0 rings (SSSR count). The molecule has 0 saturated heterocycles. The van der Waals surface area contributed by atoms with E-state index in [1.807, 2.05) is 6.92 Å². The van der Waals surface area contributed by atoms with Crippen molar-refractivity contribution in [2.45, 2.75) is 19.4 Å². The number of nitrogens with zero attached hydrogens (tertiary/aromatic N) is 2. The van der Waals surface area contributed by atoms with E-state index in [4.69, 9.17) is 4.74 Å². The van der Waals surface area contributed by atoms with Crippen LogP contribution >= 0.6 is 24.0 Å². The standard InChI is InChI=1S/C13H28N4O4S.HI/c1-11(6-9-22(5,19)20)16-13(14-7-8-21-4)15-10-12(18)17(2)3;/h11H,6-10H2,1-5H3,(H2,14,15,16);1H. The van der Waals surface area contributed by atoms with Crippen LogP contribution in [0, 0.1) is 0 Å². The normalized spacial score (nSPS) is 13.0. The number of likely N-dealkylation sites (N-methyl/N-ethyl adjacent to an activating group) is 1. The van der Waals surface area contributed by atoms with Crippen LogP contribution < -0.4 is 10.6 Å². The first-order chi connectivity index (χ1) is 10.2. The molecule has 0 aromatic rings. The minimum atomic E-state index is -2.99. The Labute approximate surface area is 156 Å². The predicted octanol–water partition coefficient (Wildman–Crippen LogP) is -0.303. The fourth-order valence-electron chi connectivity index (χ4n) is 1.41. The summed E-state index contributed by atoms with van der Waals surface area (Å²) in [6.07, 6.45) is 1.67. The average molecular weight is 464 g/mol. The highest BCUT2D eigenvalue weighted by Crippen LogP contribution is 1.95. The molecule has 2 N–H and O–H groups in total. The third-order valence-electron chi connectivity index (χ3n) is 2.77. The Hall–Kier alpha value is -0.620. The number of hydrogen-bond acceptors (Lipinski definition) is 5. The van der Waals surface area contributed by atoms with Crippen molar-refractivity contribution >= 4 is 45.7 Å². The van der Waals surface area contributed by atoms with Crippen molar-refractivity contribution in [3.63, 3.8) is 0 Å². The summed E-state index contributed by atoms with van der Waals surface area (Å²) in [6.45, 7) is 2.93. The molecule has 0 aromatic carbocycles.